The molecule has 0 heterocycles. The highest BCUT2D eigenvalue weighted by Crippen LogP contribution is 1.92. The van der Waals surface area contributed by atoms with Gasteiger partial charge in [0.1, 0.15) is 0 Å². The summed E-state index contributed by atoms with van der Waals surface area (Å²) in [5.41, 5.74) is 0. The lowest BCUT2D eigenvalue weighted by atomic mass is 10.9. The van der Waals surface area contributed by atoms with Gasteiger partial charge in [-0.1, -0.05) is 15.9 Å². The Morgan fingerprint density at radius 3 is 2.33 bits per heavy atom. The van der Waals surface area contributed by atoms with Crippen LogP contribution in [0, 0.1) is 0 Å². The summed E-state index contributed by atoms with van der Waals surface area (Å²) in [6.07, 6.45) is 0. The van der Waals surface area contributed by atoms with Gasteiger partial charge in [0.05, 0.1) is 5.33 Å². The molecule has 0 saturated heterocycles. The first-order valence-corrected chi connectivity index (χ1v) is 3.36. The number of hydrogen-bond donors (Lipinski definition) is 0. The van der Waals surface area contributed by atoms with Gasteiger partial charge in [-0.2, -0.15) is 0 Å². The first-order chi connectivity index (χ1) is 2.81. The SMILES string of the molecule is S=C(CBr)OBr. The second-order valence-corrected chi connectivity index (χ2v) is 1.92. The van der Waals surface area contributed by atoms with Gasteiger partial charge in [-0.05, 0) is 12.2 Å². The van der Waals surface area contributed by atoms with Crippen LogP contribution in [0.4, 0.5) is 0 Å². The second-order valence-electron chi connectivity index (χ2n) is 0.583. The number of rotatable bonds is 1. The van der Waals surface area contributed by atoms with E-state index in [1.54, 1.807) is 0 Å². The van der Waals surface area contributed by atoms with Crippen LogP contribution in [0.15, 0.2) is 0 Å². The van der Waals surface area contributed by atoms with Crippen molar-refractivity contribution in [2.45, 2.75) is 0 Å². The maximum atomic E-state index is 4.54. The molecule has 0 aliphatic carbocycles. The maximum Gasteiger partial charge on any atom is 0.187 e. The van der Waals surface area contributed by atoms with E-state index in [-0.39, 0.29) is 0 Å². The molecular formula is C2H2Br2OS. The third-order valence-corrected chi connectivity index (χ3v) is 1.91. The van der Waals surface area contributed by atoms with Crippen molar-refractivity contribution in [1.82, 2.24) is 0 Å². The van der Waals surface area contributed by atoms with E-state index in [1.165, 1.54) is 0 Å². The molecule has 6 heavy (non-hydrogen) atoms. The van der Waals surface area contributed by atoms with Crippen LogP contribution >= 0.6 is 44.4 Å². The molecule has 0 amide bonds. The summed E-state index contributed by atoms with van der Waals surface area (Å²) >= 11 is 10.3. The fourth-order valence-corrected chi connectivity index (χ4v) is 0.557. The highest BCUT2D eigenvalue weighted by molar-refractivity contribution is 9.09. The Balaban J connectivity index is 2.99. The molecule has 0 aliphatic rings. The van der Waals surface area contributed by atoms with E-state index >= 15 is 0 Å². The maximum absolute atomic E-state index is 4.54. The number of halogens is 2. The molecular weight excluding hydrogens is 232 g/mol. The predicted octanol–water partition coefficient (Wildman–Crippen LogP) is 2.04. The zero-order valence-corrected chi connectivity index (χ0v) is 6.77. The van der Waals surface area contributed by atoms with Gasteiger partial charge in [0.2, 0.25) is 0 Å². The Morgan fingerprint density at radius 1 is 1.83 bits per heavy atom. The minimum Gasteiger partial charge on any atom is -0.410 e. The molecule has 4 heteroatoms. The largest absolute Gasteiger partial charge is 0.410 e. The van der Waals surface area contributed by atoms with Crippen molar-refractivity contribution < 1.29 is 3.83 Å². The molecule has 0 saturated carbocycles. The monoisotopic (exact) mass is 232 g/mol. The average molecular weight is 234 g/mol. The molecule has 0 unspecified atom stereocenters. The highest BCUT2D eigenvalue weighted by Gasteiger charge is 1.85. The molecule has 0 aromatic rings. The van der Waals surface area contributed by atoms with E-state index in [4.69, 9.17) is 0 Å². The van der Waals surface area contributed by atoms with Gasteiger partial charge in [0.15, 0.2) is 21.3 Å². The standard InChI is InChI=1S/C2H2Br2OS/c3-1-2(6)5-4/h1H2. The van der Waals surface area contributed by atoms with Crippen LogP contribution in [0.2, 0.25) is 0 Å². The molecule has 0 fully saturated rings. The van der Waals surface area contributed by atoms with Crippen LogP contribution in [-0.4, -0.2) is 10.4 Å². The van der Waals surface area contributed by atoms with E-state index < -0.39 is 0 Å². The molecule has 1 nitrogen and oxygen atoms in total. The summed E-state index contributed by atoms with van der Waals surface area (Å²) in [7, 11) is 0. The molecule has 0 aromatic heterocycles. The van der Waals surface area contributed by atoms with Crippen LogP contribution in [0.25, 0.3) is 0 Å². The van der Waals surface area contributed by atoms with Crippen LogP contribution in [0.3, 0.4) is 0 Å². The van der Waals surface area contributed by atoms with Crippen LogP contribution in [-0.2, 0) is 3.83 Å². The molecule has 36 valence electrons. The van der Waals surface area contributed by atoms with Gasteiger partial charge in [-0.25, -0.2) is 0 Å². The quantitative estimate of drug-likeness (QED) is 0.507. The first kappa shape index (κ1) is 6.85. The summed E-state index contributed by atoms with van der Waals surface area (Å²) in [5, 5.41) is 1.11. The summed E-state index contributed by atoms with van der Waals surface area (Å²) < 4.78 is 4.40. The van der Waals surface area contributed by atoms with Crippen molar-refractivity contribution in [2.24, 2.45) is 0 Å². The first-order valence-electron chi connectivity index (χ1n) is 1.18. The summed E-state index contributed by atoms with van der Waals surface area (Å²) in [6, 6.07) is 0. The van der Waals surface area contributed by atoms with E-state index in [2.05, 4.69) is 48.2 Å². The zero-order valence-electron chi connectivity index (χ0n) is 2.78. The lowest BCUT2D eigenvalue weighted by molar-refractivity contribution is 0.695. The van der Waals surface area contributed by atoms with Gasteiger partial charge in [-0.15, -0.1) is 0 Å². The summed E-state index contributed by atoms with van der Waals surface area (Å²) in [5.74, 6) is 0. The number of alkyl halides is 1. The Labute approximate surface area is 58.6 Å². The van der Waals surface area contributed by atoms with Gasteiger partial charge in [0.25, 0.3) is 0 Å². The van der Waals surface area contributed by atoms with Crippen molar-refractivity contribution in [2.75, 3.05) is 5.33 Å². The predicted molar refractivity (Wildman–Crippen MR) is 36.4 cm³/mol. The number of thiocarbonyl (C=S) groups is 1. The van der Waals surface area contributed by atoms with Crippen molar-refractivity contribution in [1.29, 1.82) is 0 Å². The average Bonchev–Trinajstić information content (AvgIpc) is 1.65. The van der Waals surface area contributed by atoms with Crippen molar-refractivity contribution in [3.05, 3.63) is 0 Å². The highest BCUT2D eigenvalue weighted by atomic mass is 79.9. The Hall–Kier alpha value is 0.850. The van der Waals surface area contributed by atoms with Crippen LogP contribution < -0.4 is 0 Å². The fourth-order valence-electron chi connectivity index (χ4n) is 0.0206. The van der Waals surface area contributed by atoms with Crippen molar-refractivity contribution in [3.8, 4) is 0 Å². The van der Waals surface area contributed by atoms with Crippen LogP contribution in [0.5, 0.6) is 0 Å². The lowest BCUT2D eigenvalue weighted by Crippen LogP contribution is -1.90. The summed E-state index contributed by atoms with van der Waals surface area (Å²) in [6.45, 7) is 0. The molecule has 0 atom stereocenters. The molecule has 0 radical (unpaired) electrons. The molecule has 0 rings (SSSR count). The topological polar surface area (TPSA) is 9.23 Å². The van der Waals surface area contributed by atoms with E-state index in [0.29, 0.717) is 10.4 Å². The smallest absolute Gasteiger partial charge is 0.187 e. The Morgan fingerprint density at radius 2 is 2.33 bits per heavy atom. The van der Waals surface area contributed by atoms with Gasteiger partial charge < -0.3 is 3.83 Å². The minimum absolute atomic E-state index is 0.509. The van der Waals surface area contributed by atoms with Crippen molar-refractivity contribution >= 4 is 49.5 Å². The Bertz CT molecular complexity index is 49.5. The number of hydrogen-bond acceptors (Lipinski definition) is 2. The Kier molecular flexibility index (Phi) is 4.59. The normalized spacial score (nSPS) is 7.67. The summed E-state index contributed by atoms with van der Waals surface area (Å²) in [4.78, 5) is 0. The minimum atomic E-state index is 0.509. The third-order valence-electron chi connectivity index (χ3n) is 0.195. The van der Waals surface area contributed by atoms with Crippen molar-refractivity contribution in [3.63, 3.8) is 0 Å². The fraction of sp³-hybridized carbons (Fsp3) is 0.500. The van der Waals surface area contributed by atoms with Gasteiger partial charge in [-0.3, -0.25) is 0 Å². The van der Waals surface area contributed by atoms with E-state index in [0.717, 1.165) is 0 Å². The molecule has 0 N–H and O–H groups in total. The van der Waals surface area contributed by atoms with Gasteiger partial charge in [0, 0.05) is 0 Å². The second kappa shape index (κ2) is 4.02. The lowest BCUT2D eigenvalue weighted by Gasteiger charge is -1.86. The molecule has 0 bridgehead atoms. The third kappa shape index (κ3) is 3.06. The molecule has 0 spiro atoms. The molecule has 0 aliphatic heterocycles. The van der Waals surface area contributed by atoms with E-state index in [9.17, 15) is 0 Å². The van der Waals surface area contributed by atoms with Gasteiger partial charge >= 0.3 is 0 Å². The van der Waals surface area contributed by atoms with E-state index in [1.807, 2.05) is 0 Å². The zero-order chi connectivity index (χ0) is 4.99. The molecule has 0 aromatic carbocycles. The van der Waals surface area contributed by atoms with Crippen LogP contribution in [0.1, 0.15) is 0 Å².